The summed E-state index contributed by atoms with van der Waals surface area (Å²) in [6.45, 7) is 1.79. The van der Waals surface area contributed by atoms with Gasteiger partial charge in [0.1, 0.15) is 5.03 Å². The number of nitrogens with one attached hydrogen (secondary N) is 1. The highest BCUT2D eigenvalue weighted by Gasteiger charge is 2.33. The van der Waals surface area contributed by atoms with E-state index in [1.54, 1.807) is 0 Å². The molecule has 32 heavy (non-hydrogen) atoms. The molecule has 1 fully saturated rings. The maximum atomic E-state index is 12.9. The molecule has 1 atom stereocenters. The van der Waals surface area contributed by atoms with Crippen molar-refractivity contribution in [3.8, 4) is 0 Å². The maximum Gasteiger partial charge on any atom is 0.447 e. The van der Waals surface area contributed by atoms with Crippen LogP contribution in [-0.4, -0.2) is 54.1 Å². The van der Waals surface area contributed by atoms with Crippen LogP contribution in [0.3, 0.4) is 0 Å². The molecule has 0 spiro atoms. The second-order valence-electron chi connectivity index (χ2n) is 6.90. The van der Waals surface area contributed by atoms with Crippen LogP contribution in [0.1, 0.15) is 27.5 Å². The van der Waals surface area contributed by atoms with Gasteiger partial charge in [0.25, 0.3) is 5.91 Å². The zero-order chi connectivity index (χ0) is 23.4. The van der Waals surface area contributed by atoms with Crippen molar-refractivity contribution >= 4 is 17.7 Å². The van der Waals surface area contributed by atoms with E-state index in [2.05, 4.69) is 10.3 Å². The summed E-state index contributed by atoms with van der Waals surface area (Å²) in [5.41, 5.74) is -5.10. The van der Waals surface area contributed by atoms with Gasteiger partial charge in [-0.05, 0) is 29.8 Å². The number of hydrogen-bond donors (Lipinski definition) is 1. The normalized spacial score (nSPS) is 16.6. The molecule has 0 aliphatic carbocycles. The van der Waals surface area contributed by atoms with E-state index in [1.807, 2.05) is 4.90 Å². The van der Waals surface area contributed by atoms with E-state index in [0.717, 1.165) is 18.3 Å². The summed E-state index contributed by atoms with van der Waals surface area (Å²) in [6, 6.07) is 6.70. The van der Waals surface area contributed by atoms with Crippen molar-refractivity contribution in [2.24, 2.45) is 0 Å². The third kappa shape index (κ3) is 6.59. The first kappa shape index (κ1) is 24.3. The number of alkyl halides is 6. The van der Waals surface area contributed by atoms with Gasteiger partial charge in [-0.2, -0.15) is 26.3 Å². The number of rotatable bonds is 6. The van der Waals surface area contributed by atoms with Crippen molar-refractivity contribution in [3.63, 3.8) is 0 Å². The number of ether oxygens (including phenoxy) is 1. The Morgan fingerprint density at radius 1 is 1.09 bits per heavy atom. The molecule has 1 aliphatic heterocycles. The molecule has 5 nitrogen and oxygen atoms in total. The van der Waals surface area contributed by atoms with Crippen LogP contribution in [0, 0.1) is 0 Å². The highest BCUT2D eigenvalue weighted by atomic mass is 32.2. The Morgan fingerprint density at radius 2 is 1.75 bits per heavy atom. The van der Waals surface area contributed by atoms with Crippen LogP contribution in [0.5, 0.6) is 0 Å². The van der Waals surface area contributed by atoms with Gasteiger partial charge in [-0.3, -0.25) is 9.69 Å². The molecule has 1 aromatic carbocycles. The standard InChI is InChI=1S/C20H19F6N3O2S/c21-19(22,23)14-5-3-13(4-6-14)16(29-8-10-31-11-9-29)12-28-17(30)15-2-1-7-27-18(15)32-20(24,25)26/h1-7,16H,8-12H2,(H,28,30). The highest BCUT2D eigenvalue weighted by Crippen LogP contribution is 2.37. The van der Waals surface area contributed by atoms with Gasteiger partial charge in [-0.25, -0.2) is 4.98 Å². The lowest BCUT2D eigenvalue weighted by molar-refractivity contribution is -0.137. The van der Waals surface area contributed by atoms with Gasteiger partial charge in [0.05, 0.1) is 30.4 Å². The summed E-state index contributed by atoms with van der Waals surface area (Å²) in [5.74, 6) is -0.755. The van der Waals surface area contributed by atoms with Crippen LogP contribution in [0.2, 0.25) is 0 Å². The fraction of sp³-hybridized carbons (Fsp3) is 0.400. The summed E-state index contributed by atoms with van der Waals surface area (Å²) in [4.78, 5) is 18.2. The molecule has 2 heterocycles. The monoisotopic (exact) mass is 479 g/mol. The predicted octanol–water partition coefficient (Wildman–Crippen LogP) is 4.52. The first-order valence-corrected chi connectivity index (χ1v) is 10.3. The molecule has 0 saturated carbocycles. The summed E-state index contributed by atoms with van der Waals surface area (Å²) in [6.07, 6.45) is -3.32. The number of carbonyl (C=O) groups excluding carboxylic acids is 1. The molecule has 3 rings (SSSR count). The smallest absolute Gasteiger partial charge is 0.379 e. The second-order valence-corrected chi connectivity index (χ2v) is 7.95. The summed E-state index contributed by atoms with van der Waals surface area (Å²) in [7, 11) is 0. The average Bonchev–Trinajstić information content (AvgIpc) is 2.73. The van der Waals surface area contributed by atoms with Crippen LogP contribution in [0.4, 0.5) is 26.3 Å². The number of benzene rings is 1. The lowest BCUT2D eigenvalue weighted by atomic mass is 10.0. The van der Waals surface area contributed by atoms with Crippen LogP contribution in [0.15, 0.2) is 47.6 Å². The molecular weight excluding hydrogens is 460 g/mol. The van der Waals surface area contributed by atoms with Crippen molar-refractivity contribution in [2.75, 3.05) is 32.8 Å². The molecule has 1 aromatic heterocycles. The fourth-order valence-corrected chi connectivity index (χ4v) is 3.88. The third-order valence-electron chi connectivity index (χ3n) is 4.79. The summed E-state index contributed by atoms with van der Waals surface area (Å²) in [5, 5.41) is 2.12. The first-order valence-electron chi connectivity index (χ1n) is 9.52. The largest absolute Gasteiger partial charge is 0.447 e. The Labute approximate surface area is 184 Å². The van der Waals surface area contributed by atoms with Gasteiger partial charge in [0, 0.05) is 37.6 Å². The van der Waals surface area contributed by atoms with Crippen molar-refractivity contribution in [3.05, 3.63) is 59.3 Å². The van der Waals surface area contributed by atoms with Gasteiger partial charge >= 0.3 is 11.7 Å². The fourth-order valence-electron chi connectivity index (χ4n) is 3.28. The minimum absolute atomic E-state index is 0.0186. The minimum atomic E-state index is -4.61. The predicted molar refractivity (Wildman–Crippen MR) is 105 cm³/mol. The zero-order valence-electron chi connectivity index (χ0n) is 16.5. The molecule has 1 unspecified atom stereocenters. The van der Waals surface area contributed by atoms with Gasteiger partial charge in [0.2, 0.25) is 0 Å². The third-order valence-corrected chi connectivity index (χ3v) is 5.54. The summed E-state index contributed by atoms with van der Waals surface area (Å²) >= 11 is -0.487. The SMILES string of the molecule is O=C(NCC(c1ccc(C(F)(F)F)cc1)N1CCOCC1)c1cccnc1SC(F)(F)F. The molecule has 174 valence electrons. The molecular formula is C20H19F6N3O2S. The number of morpholine rings is 1. The molecule has 2 aromatic rings. The Bertz CT molecular complexity index is 915. The number of carbonyl (C=O) groups is 1. The molecule has 0 radical (unpaired) electrons. The van der Waals surface area contributed by atoms with Crippen molar-refractivity contribution < 1.29 is 35.9 Å². The van der Waals surface area contributed by atoms with Crippen molar-refractivity contribution in [1.29, 1.82) is 0 Å². The summed E-state index contributed by atoms with van der Waals surface area (Å²) < 4.78 is 82.3. The van der Waals surface area contributed by atoms with Crippen molar-refractivity contribution in [2.45, 2.75) is 22.8 Å². The van der Waals surface area contributed by atoms with Crippen LogP contribution in [-0.2, 0) is 10.9 Å². The van der Waals surface area contributed by atoms with E-state index in [4.69, 9.17) is 4.74 Å². The molecule has 1 N–H and O–H groups in total. The van der Waals surface area contributed by atoms with E-state index >= 15 is 0 Å². The van der Waals surface area contributed by atoms with Crippen LogP contribution < -0.4 is 5.32 Å². The molecule has 1 aliphatic rings. The number of aromatic nitrogens is 1. The Balaban J connectivity index is 1.78. The van der Waals surface area contributed by atoms with E-state index in [1.165, 1.54) is 24.3 Å². The number of pyridine rings is 1. The molecule has 12 heteroatoms. The highest BCUT2D eigenvalue weighted by molar-refractivity contribution is 8.00. The second kappa shape index (κ2) is 10.1. The first-order chi connectivity index (χ1) is 15.0. The van der Waals surface area contributed by atoms with Crippen LogP contribution in [0.25, 0.3) is 0 Å². The van der Waals surface area contributed by atoms with Gasteiger partial charge in [-0.15, -0.1) is 0 Å². The van der Waals surface area contributed by atoms with Gasteiger partial charge < -0.3 is 10.1 Å². The Hall–Kier alpha value is -2.31. The van der Waals surface area contributed by atoms with E-state index in [0.29, 0.717) is 31.9 Å². The number of hydrogen-bond acceptors (Lipinski definition) is 5. The quantitative estimate of drug-likeness (QED) is 0.488. The molecule has 1 amide bonds. The van der Waals surface area contributed by atoms with Gasteiger partial charge in [-0.1, -0.05) is 12.1 Å². The Kier molecular flexibility index (Phi) is 7.67. The topological polar surface area (TPSA) is 54.5 Å². The Morgan fingerprint density at radius 3 is 2.34 bits per heavy atom. The van der Waals surface area contributed by atoms with Gasteiger partial charge in [0.15, 0.2) is 0 Å². The number of thioether (sulfide) groups is 1. The lowest BCUT2D eigenvalue weighted by Crippen LogP contribution is -2.44. The average molecular weight is 479 g/mol. The zero-order valence-corrected chi connectivity index (χ0v) is 17.4. The van der Waals surface area contributed by atoms with E-state index in [9.17, 15) is 31.1 Å². The van der Waals surface area contributed by atoms with E-state index in [-0.39, 0.29) is 12.1 Å². The molecule has 1 saturated heterocycles. The number of nitrogens with zero attached hydrogens (tertiary/aromatic N) is 2. The lowest BCUT2D eigenvalue weighted by Gasteiger charge is -2.35. The van der Waals surface area contributed by atoms with Crippen molar-refractivity contribution in [1.82, 2.24) is 15.2 Å². The van der Waals surface area contributed by atoms with Crippen LogP contribution >= 0.6 is 11.8 Å². The number of halogens is 6. The molecule has 0 bridgehead atoms. The van der Waals surface area contributed by atoms with E-state index < -0.39 is 46.0 Å². The maximum absolute atomic E-state index is 12.9. The number of amides is 1. The minimum Gasteiger partial charge on any atom is -0.379 e.